The van der Waals surface area contributed by atoms with Crippen molar-refractivity contribution in [2.75, 3.05) is 31.1 Å². The number of hydrogen-bond acceptors (Lipinski definition) is 6. The molecular formula is C14H18BrN5O. The first-order chi connectivity index (χ1) is 10.1. The lowest BCUT2D eigenvalue weighted by Gasteiger charge is -2.37. The first kappa shape index (κ1) is 14.5. The van der Waals surface area contributed by atoms with Gasteiger partial charge in [0.05, 0.1) is 10.5 Å². The number of rotatable bonds is 3. The average Bonchev–Trinajstić information content (AvgIpc) is 2.94. The van der Waals surface area contributed by atoms with Crippen LogP contribution in [0.25, 0.3) is 0 Å². The Labute approximate surface area is 132 Å². The van der Waals surface area contributed by atoms with Crippen LogP contribution < -0.4 is 4.90 Å². The van der Waals surface area contributed by atoms with Crippen molar-refractivity contribution in [1.82, 2.24) is 20.0 Å². The van der Waals surface area contributed by atoms with E-state index in [4.69, 9.17) is 4.52 Å². The molecule has 1 atom stereocenters. The Kier molecular flexibility index (Phi) is 4.21. The predicted molar refractivity (Wildman–Crippen MR) is 83.2 cm³/mol. The second-order valence-electron chi connectivity index (χ2n) is 5.19. The third-order valence-electron chi connectivity index (χ3n) is 3.80. The number of aryl methyl sites for hydroxylation is 1. The summed E-state index contributed by atoms with van der Waals surface area (Å²) >= 11 is 3.56. The van der Waals surface area contributed by atoms with E-state index >= 15 is 0 Å². The summed E-state index contributed by atoms with van der Waals surface area (Å²) in [5.41, 5.74) is 0. The van der Waals surface area contributed by atoms with E-state index in [1.165, 1.54) is 0 Å². The second kappa shape index (κ2) is 6.11. The lowest BCUT2D eigenvalue weighted by Crippen LogP contribution is -2.47. The summed E-state index contributed by atoms with van der Waals surface area (Å²) in [5, 5.41) is 3.87. The Morgan fingerprint density at radius 3 is 2.67 bits per heavy atom. The van der Waals surface area contributed by atoms with Crippen LogP contribution in [-0.4, -0.2) is 46.2 Å². The van der Waals surface area contributed by atoms with Crippen LogP contribution in [0.4, 0.5) is 5.82 Å². The molecule has 6 nitrogen and oxygen atoms in total. The third kappa shape index (κ3) is 3.08. The Balaban J connectivity index is 1.64. The Morgan fingerprint density at radius 2 is 2.05 bits per heavy atom. The molecule has 0 saturated carbocycles. The number of anilines is 1. The van der Waals surface area contributed by atoms with Gasteiger partial charge in [0.2, 0.25) is 5.89 Å². The van der Waals surface area contributed by atoms with E-state index in [0.717, 1.165) is 36.5 Å². The molecule has 0 aliphatic carbocycles. The third-order valence-corrected chi connectivity index (χ3v) is 4.42. The predicted octanol–water partition coefficient (Wildman–Crippen LogP) is 2.42. The van der Waals surface area contributed by atoms with Gasteiger partial charge in [0.1, 0.15) is 5.82 Å². The average molecular weight is 352 g/mol. The normalized spacial score (nSPS) is 18.0. The molecule has 0 spiro atoms. The quantitative estimate of drug-likeness (QED) is 0.846. The molecule has 1 saturated heterocycles. The van der Waals surface area contributed by atoms with Crippen LogP contribution in [0.15, 0.2) is 27.3 Å². The van der Waals surface area contributed by atoms with Gasteiger partial charge in [0.25, 0.3) is 0 Å². The molecule has 0 radical (unpaired) electrons. The van der Waals surface area contributed by atoms with E-state index < -0.39 is 0 Å². The topological polar surface area (TPSA) is 58.3 Å². The summed E-state index contributed by atoms with van der Waals surface area (Å²) < 4.78 is 6.31. The largest absolute Gasteiger partial charge is 0.353 e. The Morgan fingerprint density at radius 1 is 1.29 bits per heavy atom. The lowest BCUT2D eigenvalue weighted by atomic mass is 10.2. The van der Waals surface area contributed by atoms with Crippen molar-refractivity contribution < 1.29 is 4.52 Å². The molecule has 1 aliphatic heterocycles. The molecule has 2 aromatic heterocycles. The molecule has 7 heteroatoms. The van der Waals surface area contributed by atoms with Crippen LogP contribution >= 0.6 is 15.9 Å². The Bertz CT molecular complexity index is 609. The fraction of sp³-hybridized carbons (Fsp3) is 0.500. The van der Waals surface area contributed by atoms with Crippen molar-refractivity contribution in [1.29, 1.82) is 0 Å². The summed E-state index contributed by atoms with van der Waals surface area (Å²) in [4.78, 5) is 13.4. The van der Waals surface area contributed by atoms with Crippen molar-refractivity contribution in [2.24, 2.45) is 0 Å². The van der Waals surface area contributed by atoms with Crippen molar-refractivity contribution in [2.45, 2.75) is 19.9 Å². The smallest absolute Gasteiger partial charge is 0.243 e. The van der Waals surface area contributed by atoms with Gasteiger partial charge in [0, 0.05) is 32.4 Å². The highest BCUT2D eigenvalue weighted by Gasteiger charge is 2.26. The van der Waals surface area contributed by atoms with Gasteiger partial charge in [-0.3, -0.25) is 4.90 Å². The monoisotopic (exact) mass is 351 g/mol. The first-order valence-corrected chi connectivity index (χ1v) is 7.84. The highest BCUT2D eigenvalue weighted by atomic mass is 79.9. The summed E-state index contributed by atoms with van der Waals surface area (Å²) in [6, 6.07) is 4.11. The van der Waals surface area contributed by atoms with E-state index in [1.54, 1.807) is 0 Å². The molecule has 1 fully saturated rings. The molecule has 2 aromatic rings. The van der Waals surface area contributed by atoms with Gasteiger partial charge in [-0.15, -0.1) is 0 Å². The van der Waals surface area contributed by atoms with Gasteiger partial charge in [-0.05, 0) is 41.9 Å². The van der Waals surface area contributed by atoms with Crippen LogP contribution in [0.3, 0.4) is 0 Å². The molecule has 3 rings (SSSR count). The first-order valence-electron chi connectivity index (χ1n) is 7.05. The summed E-state index contributed by atoms with van der Waals surface area (Å²) in [5.74, 6) is 2.39. The molecule has 0 aromatic carbocycles. The maximum Gasteiger partial charge on any atom is 0.243 e. The summed E-state index contributed by atoms with van der Waals surface area (Å²) in [7, 11) is 0. The zero-order chi connectivity index (χ0) is 14.8. The van der Waals surface area contributed by atoms with Crippen molar-refractivity contribution in [3.8, 4) is 0 Å². The molecule has 21 heavy (non-hydrogen) atoms. The molecule has 1 unspecified atom stereocenters. The highest BCUT2D eigenvalue weighted by molar-refractivity contribution is 9.10. The lowest BCUT2D eigenvalue weighted by molar-refractivity contribution is 0.164. The van der Waals surface area contributed by atoms with Gasteiger partial charge in [0.15, 0.2) is 5.82 Å². The zero-order valence-corrected chi connectivity index (χ0v) is 13.7. The number of aromatic nitrogens is 3. The van der Waals surface area contributed by atoms with Crippen LogP contribution in [-0.2, 0) is 0 Å². The standard InChI is InChI=1S/C14H18BrN5O/c1-10(14-17-11(2)18-21-14)19-6-8-20(9-7-19)13-12(15)4-3-5-16-13/h3-5,10H,6-9H2,1-2H3. The molecule has 1 aliphatic rings. The fourth-order valence-electron chi connectivity index (χ4n) is 2.57. The number of pyridine rings is 1. The number of hydrogen-bond donors (Lipinski definition) is 0. The minimum atomic E-state index is 0.153. The fourth-order valence-corrected chi connectivity index (χ4v) is 3.08. The van der Waals surface area contributed by atoms with Gasteiger partial charge in [-0.1, -0.05) is 5.16 Å². The minimum absolute atomic E-state index is 0.153. The Hall–Kier alpha value is -1.47. The van der Waals surface area contributed by atoms with E-state index in [1.807, 2.05) is 25.3 Å². The van der Waals surface area contributed by atoms with E-state index in [0.29, 0.717) is 11.7 Å². The number of piperazine rings is 1. The number of halogens is 1. The molecule has 0 amide bonds. The molecule has 112 valence electrons. The van der Waals surface area contributed by atoms with Gasteiger partial charge >= 0.3 is 0 Å². The maximum absolute atomic E-state index is 5.27. The summed E-state index contributed by atoms with van der Waals surface area (Å²) in [6.45, 7) is 7.73. The maximum atomic E-state index is 5.27. The van der Waals surface area contributed by atoms with E-state index in [9.17, 15) is 0 Å². The molecule has 0 N–H and O–H groups in total. The van der Waals surface area contributed by atoms with Gasteiger partial charge < -0.3 is 9.42 Å². The van der Waals surface area contributed by atoms with Gasteiger partial charge in [-0.25, -0.2) is 4.98 Å². The summed E-state index contributed by atoms with van der Waals surface area (Å²) in [6.07, 6.45) is 1.83. The van der Waals surface area contributed by atoms with Crippen molar-refractivity contribution in [3.05, 3.63) is 34.5 Å². The molecule has 3 heterocycles. The van der Waals surface area contributed by atoms with E-state index in [-0.39, 0.29) is 6.04 Å². The van der Waals surface area contributed by atoms with Gasteiger partial charge in [-0.2, -0.15) is 4.98 Å². The number of nitrogens with zero attached hydrogens (tertiary/aromatic N) is 5. The van der Waals surface area contributed by atoms with Crippen LogP contribution in [0.5, 0.6) is 0 Å². The molecule has 0 bridgehead atoms. The van der Waals surface area contributed by atoms with Crippen LogP contribution in [0.2, 0.25) is 0 Å². The minimum Gasteiger partial charge on any atom is -0.353 e. The van der Waals surface area contributed by atoms with Crippen molar-refractivity contribution >= 4 is 21.7 Å². The highest BCUT2D eigenvalue weighted by Crippen LogP contribution is 2.26. The SMILES string of the molecule is Cc1noc(C(C)N2CCN(c3ncccc3Br)CC2)n1. The van der Waals surface area contributed by atoms with Crippen LogP contribution in [0, 0.1) is 6.92 Å². The van der Waals surface area contributed by atoms with Crippen molar-refractivity contribution in [3.63, 3.8) is 0 Å². The molecular weight excluding hydrogens is 334 g/mol. The van der Waals surface area contributed by atoms with E-state index in [2.05, 4.69) is 47.8 Å². The second-order valence-corrected chi connectivity index (χ2v) is 6.04. The zero-order valence-electron chi connectivity index (χ0n) is 12.2. The van der Waals surface area contributed by atoms with Crippen LogP contribution in [0.1, 0.15) is 24.7 Å².